The molecule has 1 amide bonds. The molecule has 1 aliphatic rings. The molecular formula is C23H27N3O2S. The van der Waals surface area contributed by atoms with Gasteiger partial charge in [0.1, 0.15) is 5.69 Å². The minimum atomic E-state index is -0.563. The molecule has 6 heteroatoms. The Bertz CT molecular complexity index is 950. The number of aliphatic hydroxyl groups excluding tert-OH is 1. The number of H-pyrrole nitrogens is 1. The first-order valence-electron chi connectivity index (χ1n) is 10.3. The van der Waals surface area contributed by atoms with E-state index in [0.717, 1.165) is 54.1 Å². The third-order valence-electron chi connectivity index (χ3n) is 5.65. The summed E-state index contributed by atoms with van der Waals surface area (Å²) < 4.78 is 0. The second-order valence-corrected chi connectivity index (χ2v) is 8.78. The van der Waals surface area contributed by atoms with Gasteiger partial charge in [-0.2, -0.15) is 0 Å². The maximum Gasteiger partial charge on any atom is 0.270 e. The topological polar surface area (TPSA) is 69.2 Å². The minimum Gasteiger partial charge on any atom is -0.388 e. The van der Waals surface area contributed by atoms with E-state index in [4.69, 9.17) is 0 Å². The van der Waals surface area contributed by atoms with Crippen molar-refractivity contribution in [2.75, 3.05) is 6.54 Å². The van der Waals surface area contributed by atoms with Crippen molar-refractivity contribution in [3.63, 3.8) is 0 Å². The van der Waals surface area contributed by atoms with Gasteiger partial charge in [0.2, 0.25) is 0 Å². The highest BCUT2D eigenvalue weighted by molar-refractivity contribution is 7.09. The van der Waals surface area contributed by atoms with Crippen LogP contribution in [0.4, 0.5) is 0 Å². The maximum absolute atomic E-state index is 13.3. The number of nitrogens with zero attached hydrogens (tertiary/aromatic N) is 2. The predicted octanol–water partition coefficient (Wildman–Crippen LogP) is 4.96. The molecule has 0 spiro atoms. The fourth-order valence-corrected chi connectivity index (χ4v) is 4.70. The zero-order valence-electron chi connectivity index (χ0n) is 16.7. The molecule has 2 aromatic heterocycles. The predicted molar refractivity (Wildman–Crippen MR) is 116 cm³/mol. The van der Waals surface area contributed by atoms with Crippen LogP contribution in [0.1, 0.15) is 59.3 Å². The molecule has 0 radical (unpaired) electrons. The molecule has 3 aromatic rings. The number of carbonyl (C=O) groups is 1. The Morgan fingerprint density at radius 3 is 2.90 bits per heavy atom. The van der Waals surface area contributed by atoms with E-state index in [1.54, 1.807) is 11.3 Å². The average Bonchev–Trinajstić information content (AvgIpc) is 3.33. The number of hydrogen-bond donors (Lipinski definition) is 2. The summed E-state index contributed by atoms with van der Waals surface area (Å²) in [6.45, 7) is 2.71. The van der Waals surface area contributed by atoms with Crippen molar-refractivity contribution < 1.29 is 9.90 Å². The molecule has 3 heterocycles. The van der Waals surface area contributed by atoms with Gasteiger partial charge in [-0.3, -0.25) is 4.79 Å². The van der Waals surface area contributed by atoms with Crippen LogP contribution in [0.15, 0.2) is 48.0 Å². The van der Waals surface area contributed by atoms with E-state index in [1.807, 2.05) is 59.8 Å². The third-order valence-corrected chi connectivity index (χ3v) is 6.42. The van der Waals surface area contributed by atoms with Crippen LogP contribution < -0.4 is 0 Å². The molecule has 1 fully saturated rings. The lowest BCUT2D eigenvalue weighted by Gasteiger charge is -2.31. The summed E-state index contributed by atoms with van der Waals surface area (Å²) in [7, 11) is 0. The van der Waals surface area contributed by atoms with Gasteiger partial charge in [0.15, 0.2) is 0 Å². The number of nitrogens with one attached hydrogen (secondary N) is 1. The van der Waals surface area contributed by atoms with Crippen LogP contribution in [0.25, 0.3) is 11.3 Å². The van der Waals surface area contributed by atoms with Crippen molar-refractivity contribution in [3.8, 4) is 11.3 Å². The minimum absolute atomic E-state index is 0.00960. The van der Waals surface area contributed by atoms with Gasteiger partial charge >= 0.3 is 0 Å². The Labute approximate surface area is 175 Å². The Kier molecular flexibility index (Phi) is 6.11. The molecule has 2 atom stereocenters. The molecular weight excluding hydrogens is 382 g/mol. The number of amides is 1. The van der Waals surface area contributed by atoms with Gasteiger partial charge in [-0.25, -0.2) is 4.98 Å². The molecule has 5 nitrogen and oxygen atoms in total. The smallest absolute Gasteiger partial charge is 0.270 e. The van der Waals surface area contributed by atoms with Gasteiger partial charge in [-0.05, 0) is 37.8 Å². The monoisotopic (exact) mass is 409 g/mol. The van der Waals surface area contributed by atoms with Crippen LogP contribution in [0.2, 0.25) is 0 Å². The first kappa shape index (κ1) is 19.9. The highest BCUT2D eigenvalue weighted by atomic mass is 32.1. The molecule has 1 aliphatic heterocycles. The molecule has 2 N–H and O–H groups in total. The number of rotatable bonds is 5. The van der Waals surface area contributed by atoms with Crippen molar-refractivity contribution in [3.05, 3.63) is 64.2 Å². The maximum atomic E-state index is 13.3. The number of likely N-dealkylation sites (tertiary alicyclic amines) is 1. The van der Waals surface area contributed by atoms with E-state index >= 15 is 0 Å². The number of hydrogen-bond acceptors (Lipinski definition) is 4. The number of aromatic amines is 1. The van der Waals surface area contributed by atoms with Crippen LogP contribution >= 0.6 is 11.3 Å². The van der Waals surface area contributed by atoms with Gasteiger partial charge in [0.05, 0.1) is 16.8 Å². The number of benzene rings is 1. The summed E-state index contributed by atoms with van der Waals surface area (Å²) >= 11 is 1.60. The van der Waals surface area contributed by atoms with E-state index in [0.29, 0.717) is 12.1 Å². The summed E-state index contributed by atoms with van der Waals surface area (Å²) in [6.07, 6.45) is 5.99. The normalized spacial score (nSPS) is 18.4. The summed E-state index contributed by atoms with van der Waals surface area (Å²) in [5, 5.41) is 13.8. The molecule has 1 saturated heterocycles. The van der Waals surface area contributed by atoms with Crippen LogP contribution in [0.3, 0.4) is 0 Å². The summed E-state index contributed by atoms with van der Waals surface area (Å²) in [5.41, 5.74) is 3.33. The first-order valence-corrected chi connectivity index (χ1v) is 11.1. The number of thiazole rings is 1. The quantitative estimate of drug-likeness (QED) is 0.626. The highest BCUT2D eigenvalue weighted by Gasteiger charge is 2.29. The Balaban J connectivity index is 1.52. The van der Waals surface area contributed by atoms with Gasteiger partial charge in [0.25, 0.3) is 5.91 Å². The van der Waals surface area contributed by atoms with E-state index in [9.17, 15) is 9.90 Å². The van der Waals surface area contributed by atoms with Crippen molar-refractivity contribution in [2.45, 2.75) is 51.2 Å². The lowest BCUT2D eigenvalue weighted by molar-refractivity contribution is 0.0583. The van der Waals surface area contributed by atoms with Crippen LogP contribution in [-0.4, -0.2) is 38.5 Å². The number of carbonyl (C=O) groups excluding carboxylic acids is 1. The van der Waals surface area contributed by atoms with Gasteiger partial charge in [0, 0.05) is 29.7 Å². The van der Waals surface area contributed by atoms with Crippen LogP contribution in [0.5, 0.6) is 0 Å². The van der Waals surface area contributed by atoms with Gasteiger partial charge in [-0.1, -0.05) is 43.2 Å². The van der Waals surface area contributed by atoms with Crippen LogP contribution in [-0.2, 0) is 0 Å². The fraction of sp³-hybridized carbons (Fsp3) is 0.391. The second kappa shape index (κ2) is 8.93. The molecule has 2 unspecified atom stereocenters. The number of aromatic nitrogens is 2. The zero-order valence-corrected chi connectivity index (χ0v) is 17.5. The zero-order chi connectivity index (χ0) is 20.2. The van der Waals surface area contributed by atoms with E-state index in [-0.39, 0.29) is 11.9 Å². The van der Waals surface area contributed by atoms with E-state index in [1.165, 1.54) is 0 Å². The number of aryl methyl sites for hydroxylation is 1. The summed E-state index contributed by atoms with van der Waals surface area (Å²) in [6, 6.07) is 11.6. The van der Waals surface area contributed by atoms with Crippen LogP contribution in [0, 0.1) is 6.92 Å². The molecule has 29 heavy (non-hydrogen) atoms. The van der Waals surface area contributed by atoms with Crippen molar-refractivity contribution in [2.24, 2.45) is 0 Å². The van der Waals surface area contributed by atoms with Gasteiger partial charge < -0.3 is 15.0 Å². The van der Waals surface area contributed by atoms with Crippen molar-refractivity contribution in [1.82, 2.24) is 14.9 Å². The van der Waals surface area contributed by atoms with Crippen molar-refractivity contribution in [1.29, 1.82) is 0 Å². The fourth-order valence-electron chi connectivity index (χ4n) is 4.08. The highest BCUT2D eigenvalue weighted by Crippen LogP contribution is 2.28. The van der Waals surface area contributed by atoms with Crippen molar-refractivity contribution >= 4 is 17.2 Å². The Hall–Kier alpha value is -2.44. The lowest BCUT2D eigenvalue weighted by atomic mass is 9.98. The Morgan fingerprint density at radius 1 is 1.31 bits per heavy atom. The van der Waals surface area contributed by atoms with E-state index < -0.39 is 6.10 Å². The average molecular weight is 410 g/mol. The largest absolute Gasteiger partial charge is 0.388 e. The van der Waals surface area contributed by atoms with E-state index in [2.05, 4.69) is 9.97 Å². The summed E-state index contributed by atoms with van der Waals surface area (Å²) in [4.78, 5) is 22.9. The molecule has 4 rings (SSSR count). The molecule has 0 saturated carbocycles. The lowest BCUT2D eigenvalue weighted by Crippen LogP contribution is -2.41. The second-order valence-electron chi connectivity index (χ2n) is 7.72. The third kappa shape index (κ3) is 4.60. The first-order chi connectivity index (χ1) is 14.1. The molecule has 0 bridgehead atoms. The molecule has 1 aromatic carbocycles. The standard InChI is InChI=1S/C23H27N3O2S/c1-16-25-21(15-29-16)18-12-20(24-14-18)23(28)26-11-7-3-6-10-19(26)13-22(27)17-8-4-2-5-9-17/h2,4-5,8-9,12,14-15,19,22,24,27H,3,6-7,10-11,13H2,1H3. The molecule has 0 aliphatic carbocycles. The SMILES string of the molecule is Cc1nc(-c2c[nH]c(C(=O)N3CCCCCC3CC(O)c3ccccc3)c2)cs1. The summed E-state index contributed by atoms with van der Waals surface area (Å²) in [5.74, 6) is 0.00960. The van der Waals surface area contributed by atoms with Gasteiger partial charge in [-0.15, -0.1) is 11.3 Å². The Morgan fingerprint density at radius 2 is 2.14 bits per heavy atom. The number of aliphatic hydroxyl groups is 1. The molecule has 152 valence electrons.